The van der Waals surface area contributed by atoms with Crippen molar-refractivity contribution in [3.8, 4) is 5.75 Å². The Bertz CT molecular complexity index is 493. The number of para-hydroxylation sites is 1. The van der Waals surface area contributed by atoms with E-state index in [4.69, 9.17) is 19.9 Å². The van der Waals surface area contributed by atoms with Crippen molar-refractivity contribution in [3.05, 3.63) is 23.8 Å². The van der Waals surface area contributed by atoms with Gasteiger partial charge in [0.25, 0.3) is 0 Å². The molecule has 1 aliphatic rings. The number of morpholine rings is 1. The number of nitrogen functional groups attached to an aromatic ring is 1. The van der Waals surface area contributed by atoms with Gasteiger partial charge in [0.15, 0.2) is 5.75 Å². The van der Waals surface area contributed by atoms with Crippen molar-refractivity contribution in [2.45, 2.75) is 13.0 Å². The molecule has 0 aliphatic carbocycles. The first-order valence-electron chi connectivity index (χ1n) is 7.09. The number of carbonyl (C=O) groups is 1. The van der Waals surface area contributed by atoms with Gasteiger partial charge in [-0.3, -0.25) is 4.90 Å². The summed E-state index contributed by atoms with van der Waals surface area (Å²) in [6, 6.07) is 5.01. The van der Waals surface area contributed by atoms with Crippen molar-refractivity contribution in [2.24, 2.45) is 0 Å². The third-order valence-corrected chi connectivity index (χ3v) is 3.54. The van der Waals surface area contributed by atoms with Crippen LogP contribution in [0.1, 0.15) is 17.3 Å². The quantitative estimate of drug-likeness (QED) is 0.649. The van der Waals surface area contributed by atoms with Crippen LogP contribution >= 0.6 is 0 Å². The van der Waals surface area contributed by atoms with E-state index in [1.807, 2.05) is 0 Å². The Balaban J connectivity index is 1.94. The molecule has 1 unspecified atom stereocenters. The third kappa shape index (κ3) is 3.86. The molecule has 1 atom stereocenters. The second kappa shape index (κ2) is 7.28. The maximum absolute atomic E-state index is 12.1. The molecule has 1 fully saturated rings. The van der Waals surface area contributed by atoms with Crippen molar-refractivity contribution in [1.82, 2.24) is 4.90 Å². The Kier molecular flexibility index (Phi) is 5.41. The Morgan fingerprint density at radius 3 is 3.05 bits per heavy atom. The average molecular weight is 294 g/mol. The van der Waals surface area contributed by atoms with Gasteiger partial charge in [-0.1, -0.05) is 13.0 Å². The Hall–Kier alpha value is -1.79. The molecule has 1 aliphatic heterocycles. The van der Waals surface area contributed by atoms with Crippen LogP contribution in [0.2, 0.25) is 0 Å². The highest BCUT2D eigenvalue weighted by Gasteiger charge is 2.22. The molecule has 0 spiro atoms. The molecule has 1 heterocycles. The summed E-state index contributed by atoms with van der Waals surface area (Å²) in [6.45, 7) is 5.66. The number of hydrogen-bond acceptors (Lipinski definition) is 6. The molecular weight excluding hydrogens is 272 g/mol. The van der Waals surface area contributed by atoms with Gasteiger partial charge in [-0.2, -0.15) is 0 Å². The highest BCUT2D eigenvalue weighted by molar-refractivity contribution is 5.94. The Morgan fingerprint density at radius 1 is 1.52 bits per heavy atom. The zero-order valence-corrected chi connectivity index (χ0v) is 12.5. The first-order valence-corrected chi connectivity index (χ1v) is 7.09. The van der Waals surface area contributed by atoms with E-state index in [1.165, 1.54) is 7.11 Å². The Morgan fingerprint density at radius 2 is 2.33 bits per heavy atom. The smallest absolute Gasteiger partial charge is 0.342 e. The highest BCUT2D eigenvalue weighted by atomic mass is 16.6. The molecule has 0 bridgehead atoms. The minimum Gasteiger partial charge on any atom is -0.494 e. The highest BCUT2D eigenvalue weighted by Crippen LogP contribution is 2.26. The molecular formula is C15H22N2O4. The van der Waals surface area contributed by atoms with Gasteiger partial charge < -0.3 is 19.9 Å². The van der Waals surface area contributed by atoms with E-state index < -0.39 is 5.97 Å². The topological polar surface area (TPSA) is 74.0 Å². The zero-order valence-electron chi connectivity index (χ0n) is 12.5. The van der Waals surface area contributed by atoms with Crippen LogP contribution in [0.4, 0.5) is 5.69 Å². The predicted molar refractivity (Wildman–Crippen MR) is 79.5 cm³/mol. The van der Waals surface area contributed by atoms with Crippen LogP contribution in [0.25, 0.3) is 0 Å². The van der Waals surface area contributed by atoms with Gasteiger partial charge in [-0.15, -0.1) is 0 Å². The standard InChI is InChI=1S/C15H22N2O4/c1-3-17-7-8-20-11(9-17)10-21-15(18)12-5-4-6-13(16)14(12)19-2/h4-6,11H,3,7-10,16H2,1-2H3. The summed E-state index contributed by atoms with van der Waals surface area (Å²) in [4.78, 5) is 14.4. The van der Waals surface area contributed by atoms with Gasteiger partial charge in [-0.25, -0.2) is 4.79 Å². The van der Waals surface area contributed by atoms with Gasteiger partial charge >= 0.3 is 5.97 Å². The number of methoxy groups -OCH3 is 1. The second-order valence-corrected chi connectivity index (χ2v) is 4.91. The fourth-order valence-electron chi connectivity index (χ4n) is 2.36. The largest absolute Gasteiger partial charge is 0.494 e. The Labute approximate surface area is 124 Å². The zero-order chi connectivity index (χ0) is 15.2. The number of likely N-dealkylation sites (N-methyl/N-ethyl adjacent to an activating group) is 1. The van der Waals surface area contributed by atoms with Crippen molar-refractivity contribution in [3.63, 3.8) is 0 Å². The summed E-state index contributed by atoms with van der Waals surface area (Å²) in [6.07, 6.45) is -0.0882. The number of carbonyl (C=O) groups excluding carboxylic acids is 1. The lowest BCUT2D eigenvalue weighted by molar-refractivity contribution is -0.0578. The van der Waals surface area contributed by atoms with Crippen LogP contribution in [-0.4, -0.2) is 56.9 Å². The van der Waals surface area contributed by atoms with Crippen molar-refractivity contribution >= 4 is 11.7 Å². The second-order valence-electron chi connectivity index (χ2n) is 4.91. The van der Waals surface area contributed by atoms with Gasteiger partial charge in [0.05, 0.1) is 19.4 Å². The maximum atomic E-state index is 12.1. The third-order valence-electron chi connectivity index (χ3n) is 3.54. The number of nitrogens with zero attached hydrogens (tertiary/aromatic N) is 1. The number of esters is 1. The van der Waals surface area contributed by atoms with Crippen molar-refractivity contribution in [2.75, 3.05) is 45.7 Å². The molecule has 1 aromatic carbocycles. The van der Waals surface area contributed by atoms with E-state index in [-0.39, 0.29) is 12.7 Å². The van der Waals surface area contributed by atoms with Crippen molar-refractivity contribution < 1.29 is 19.0 Å². The average Bonchev–Trinajstić information content (AvgIpc) is 2.52. The molecule has 1 saturated heterocycles. The summed E-state index contributed by atoms with van der Waals surface area (Å²) in [7, 11) is 1.48. The fraction of sp³-hybridized carbons (Fsp3) is 0.533. The predicted octanol–water partition coefficient (Wildman–Crippen LogP) is 1.15. The number of benzene rings is 1. The number of ether oxygens (including phenoxy) is 3. The molecule has 2 N–H and O–H groups in total. The van der Waals surface area contributed by atoms with Crippen LogP contribution in [0, 0.1) is 0 Å². The molecule has 6 heteroatoms. The lowest BCUT2D eigenvalue weighted by atomic mass is 10.1. The number of nitrogens with two attached hydrogens (primary N) is 1. The van der Waals surface area contributed by atoms with Crippen LogP contribution < -0.4 is 10.5 Å². The van der Waals surface area contributed by atoms with Crippen LogP contribution in [0.3, 0.4) is 0 Å². The molecule has 6 nitrogen and oxygen atoms in total. The molecule has 0 saturated carbocycles. The van der Waals surface area contributed by atoms with E-state index in [0.717, 1.165) is 19.6 Å². The SMILES string of the molecule is CCN1CCOC(COC(=O)c2cccc(N)c2OC)C1. The number of rotatable bonds is 5. The van der Waals surface area contributed by atoms with E-state index in [9.17, 15) is 4.79 Å². The molecule has 116 valence electrons. The molecule has 21 heavy (non-hydrogen) atoms. The van der Waals surface area contributed by atoms with Gasteiger partial charge in [0.1, 0.15) is 18.3 Å². The molecule has 2 rings (SSSR count). The normalized spacial score (nSPS) is 19.2. The minimum absolute atomic E-state index is 0.0882. The van der Waals surface area contributed by atoms with Crippen LogP contribution in [-0.2, 0) is 9.47 Å². The van der Waals surface area contributed by atoms with Crippen molar-refractivity contribution in [1.29, 1.82) is 0 Å². The monoisotopic (exact) mass is 294 g/mol. The fourth-order valence-corrected chi connectivity index (χ4v) is 2.36. The summed E-state index contributed by atoms with van der Waals surface area (Å²) >= 11 is 0. The first kappa shape index (κ1) is 15.6. The lowest BCUT2D eigenvalue weighted by Gasteiger charge is -2.31. The maximum Gasteiger partial charge on any atom is 0.342 e. The van der Waals surface area contributed by atoms with E-state index in [2.05, 4.69) is 11.8 Å². The van der Waals surface area contributed by atoms with Crippen LogP contribution in [0.5, 0.6) is 5.75 Å². The molecule has 0 aromatic heterocycles. The number of hydrogen-bond donors (Lipinski definition) is 1. The van der Waals surface area contributed by atoms with Crippen LogP contribution in [0.15, 0.2) is 18.2 Å². The lowest BCUT2D eigenvalue weighted by Crippen LogP contribution is -2.44. The summed E-state index contributed by atoms with van der Waals surface area (Å²) in [5.74, 6) is -0.0985. The van der Waals surface area contributed by atoms with E-state index >= 15 is 0 Å². The molecule has 0 radical (unpaired) electrons. The summed E-state index contributed by atoms with van der Waals surface area (Å²) in [5, 5.41) is 0. The molecule has 1 aromatic rings. The van der Waals surface area contributed by atoms with Gasteiger partial charge in [0.2, 0.25) is 0 Å². The first-order chi connectivity index (χ1) is 10.2. The van der Waals surface area contributed by atoms with Gasteiger partial charge in [-0.05, 0) is 18.7 Å². The van der Waals surface area contributed by atoms with Gasteiger partial charge in [0, 0.05) is 13.1 Å². The van der Waals surface area contributed by atoms with E-state index in [0.29, 0.717) is 23.6 Å². The number of anilines is 1. The minimum atomic E-state index is -0.448. The molecule has 0 amide bonds. The summed E-state index contributed by atoms with van der Waals surface area (Å²) in [5.41, 5.74) is 6.53. The summed E-state index contributed by atoms with van der Waals surface area (Å²) < 4.78 is 16.1. The van der Waals surface area contributed by atoms with E-state index in [1.54, 1.807) is 18.2 Å².